The van der Waals surface area contributed by atoms with E-state index in [0.717, 1.165) is 54.6 Å². The van der Waals surface area contributed by atoms with E-state index in [9.17, 15) is 0 Å². The quantitative estimate of drug-likeness (QED) is 0.342. The molecule has 0 aliphatic carbocycles. The summed E-state index contributed by atoms with van der Waals surface area (Å²) in [7, 11) is 0. The molecule has 0 saturated carbocycles. The number of hydrogen-bond acceptors (Lipinski definition) is 4. The Kier molecular flexibility index (Phi) is 8.61. The summed E-state index contributed by atoms with van der Waals surface area (Å²) in [5.74, 6) is 1.36. The zero-order chi connectivity index (χ0) is 20.1. The van der Waals surface area contributed by atoms with E-state index >= 15 is 0 Å². The van der Waals surface area contributed by atoms with Crippen molar-refractivity contribution in [1.29, 1.82) is 0 Å². The fraction of sp³-hybridized carbons (Fsp3) is 0.409. The molecule has 8 heteroatoms. The summed E-state index contributed by atoms with van der Waals surface area (Å²) in [5.41, 5.74) is 8.54. The minimum atomic E-state index is 0. The number of benzene rings is 2. The second kappa shape index (κ2) is 11.2. The van der Waals surface area contributed by atoms with Gasteiger partial charge in [0.1, 0.15) is 5.75 Å². The van der Waals surface area contributed by atoms with Crippen LogP contribution in [-0.2, 0) is 4.74 Å². The number of aliphatic imine (C=N–C) groups is 1. The zero-order valence-electron chi connectivity index (χ0n) is 16.8. The number of nitrogens with two attached hydrogens (primary N) is 1. The number of rotatable bonds is 5. The molecule has 0 aromatic heterocycles. The van der Waals surface area contributed by atoms with E-state index in [2.05, 4.69) is 27.3 Å². The molecule has 1 fully saturated rings. The molecule has 2 unspecified atom stereocenters. The predicted molar refractivity (Wildman–Crippen MR) is 131 cm³/mol. The van der Waals surface area contributed by atoms with Crippen LogP contribution in [0.5, 0.6) is 5.75 Å². The molecule has 0 spiro atoms. The van der Waals surface area contributed by atoms with Crippen LogP contribution in [0.4, 0.5) is 0 Å². The Balaban J connectivity index is 0.00000256. The van der Waals surface area contributed by atoms with Crippen molar-refractivity contribution in [2.45, 2.75) is 18.5 Å². The molecule has 2 aliphatic heterocycles. The lowest BCUT2D eigenvalue weighted by Gasteiger charge is -2.34. The van der Waals surface area contributed by atoms with Gasteiger partial charge in [-0.1, -0.05) is 41.9 Å². The molecule has 2 aliphatic rings. The third-order valence-electron chi connectivity index (χ3n) is 5.44. The van der Waals surface area contributed by atoms with Crippen molar-refractivity contribution < 1.29 is 9.47 Å². The second-order valence-electron chi connectivity index (χ2n) is 7.32. The Morgan fingerprint density at radius 3 is 2.77 bits per heavy atom. The minimum absolute atomic E-state index is 0. The summed E-state index contributed by atoms with van der Waals surface area (Å²) < 4.78 is 11.2. The highest BCUT2D eigenvalue weighted by atomic mass is 127. The number of fused-ring (bicyclic) bond motifs is 1. The highest BCUT2D eigenvalue weighted by Crippen LogP contribution is 2.31. The molecule has 2 atom stereocenters. The van der Waals surface area contributed by atoms with Crippen LogP contribution in [0.25, 0.3) is 0 Å². The lowest BCUT2D eigenvalue weighted by Crippen LogP contribution is -2.41. The van der Waals surface area contributed by atoms with Crippen molar-refractivity contribution in [3.05, 3.63) is 64.7 Å². The topological polar surface area (TPSA) is 72.1 Å². The van der Waals surface area contributed by atoms with Gasteiger partial charge in [0.25, 0.3) is 0 Å². The van der Waals surface area contributed by atoms with Gasteiger partial charge in [-0.3, -0.25) is 9.89 Å². The van der Waals surface area contributed by atoms with Gasteiger partial charge in [-0.15, -0.1) is 24.0 Å². The maximum absolute atomic E-state index is 6.28. The Bertz CT molecular complexity index is 861. The first kappa shape index (κ1) is 23.1. The third-order valence-corrected chi connectivity index (χ3v) is 5.67. The summed E-state index contributed by atoms with van der Waals surface area (Å²) in [6.45, 7) is 4.42. The number of nitrogens with zero attached hydrogens (tertiary/aromatic N) is 2. The van der Waals surface area contributed by atoms with E-state index < -0.39 is 0 Å². The normalized spacial score (nSPS) is 20.4. The van der Waals surface area contributed by atoms with Crippen molar-refractivity contribution in [3.63, 3.8) is 0 Å². The van der Waals surface area contributed by atoms with Crippen LogP contribution in [0, 0.1) is 0 Å². The molecule has 0 radical (unpaired) electrons. The fourth-order valence-corrected chi connectivity index (χ4v) is 4.13. The van der Waals surface area contributed by atoms with Crippen LogP contribution in [0.3, 0.4) is 0 Å². The predicted octanol–water partition coefficient (Wildman–Crippen LogP) is 3.76. The number of para-hydroxylation sites is 1. The second-order valence-corrected chi connectivity index (χ2v) is 7.75. The lowest BCUT2D eigenvalue weighted by atomic mass is 10.0. The highest BCUT2D eigenvalue weighted by molar-refractivity contribution is 14.0. The van der Waals surface area contributed by atoms with Gasteiger partial charge in [0, 0.05) is 30.1 Å². The van der Waals surface area contributed by atoms with E-state index in [0.29, 0.717) is 19.1 Å². The van der Waals surface area contributed by atoms with Gasteiger partial charge >= 0.3 is 0 Å². The van der Waals surface area contributed by atoms with E-state index in [4.69, 9.17) is 26.8 Å². The number of nitrogens with one attached hydrogen (secondary N) is 1. The summed E-state index contributed by atoms with van der Waals surface area (Å²) in [4.78, 5) is 7.07. The Morgan fingerprint density at radius 2 is 1.97 bits per heavy atom. The molecule has 4 rings (SSSR count). The number of morpholine rings is 1. The molecule has 0 bridgehead atoms. The minimum Gasteiger partial charge on any atom is -0.493 e. The van der Waals surface area contributed by atoms with Gasteiger partial charge in [-0.25, -0.2) is 0 Å². The average molecular weight is 543 g/mol. The summed E-state index contributed by atoms with van der Waals surface area (Å²) in [6.07, 6.45) is 0.856. The van der Waals surface area contributed by atoms with Crippen LogP contribution in [0.2, 0.25) is 5.02 Å². The van der Waals surface area contributed by atoms with Crippen LogP contribution < -0.4 is 15.8 Å². The van der Waals surface area contributed by atoms with Crippen molar-refractivity contribution >= 4 is 41.5 Å². The number of guanidine groups is 1. The number of halogens is 2. The van der Waals surface area contributed by atoms with Crippen molar-refractivity contribution in [3.8, 4) is 5.75 Å². The third kappa shape index (κ3) is 5.78. The van der Waals surface area contributed by atoms with Gasteiger partial charge in [-0.05, 0) is 23.8 Å². The maximum atomic E-state index is 6.28. The first-order valence-corrected chi connectivity index (χ1v) is 10.4. The van der Waals surface area contributed by atoms with Gasteiger partial charge in [0.2, 0.25) is 0 Å². The van der Waals surface area contributed by atoms with Crippen molar-refractivity contribution in [1.82, 2.24) is 10.2 Å². The molecular weight excluding hydrogens is 515 g/mol. The van der Waals surface area contributed by atoms with Crippen molar-refractivity contribution in [2.24, 2.45) is 10.7 Å². The van der Waals surface area contributed by atoms with E-state index in [1.165, 1.54) is 0 Å². The molecule has 162 valence electrons. The van der Waals surface area contributed by atoms with E-state index in [1.807, 2.05) is 36.4 Å². The van der Waals surface area contributed by atoms with Gasteiger partial charge in [-0.2, -0.15) is 0 Å². The number of ether oxygens (including phenoxy) is 2. The highest BCUT2D eigenvalue weighted by Gasteiger charge is 2.24. The Morgan fingerprint density at radius 1 is 1.17 bits per heavy atom. The molecule has 2 aromatic carbocycles. The standard InChI is InChI=1S/C22H27ClN4O2.HI/c23-17-5-3-4-16(14-17)20(27-9-12-28-13-10-27)15-25-22(24)26-19-8-11-29-21-7-2-1-6-18(19)21;/h1-7,14,19-20H,8-13,15H2,(H3,24,25,26);1H. The first-order valence-electron chi connectivity index (χ1n) is 10.1. The molecule has 30 heavy (non-hydrogen) atoms. The van der Waals surface area contributed by atoms with E-state index in [1.54, 1.807) is 0 Å². The molecular formula is C22H28ClIN4O2. The van der Waals surface area contributed by atoms with Crippen LogP contribution in [0.1, 0.15) is 29.6 Å². The van der Waals surface area contributed by atoms with Crippen LogP contribution >= 0.6 is 35.6 Å². The molecule has 2 aromatic rings. The fourth-order valence-electron chi connectivity index (χ4n) is 3.94. The van der Waals surface area contributed by atoms with Crippen LogP contribution in [-0.4, -0.2) is 50.3 Å². The molecule has 0 amide bonds. The average Bonchev–Trinajstić information content (AvgIpc) is 2.75. The SMILES string of the molecule is I.NC(=NCC(c1cccc(Cl)c1)N1CCOCC1)NC1CCOc2ccccc21. The van der Waals surface area contributed by atoms with Gasteiger partial charge in [0.15, 0.2) is 5.96 Å². The van der Waals surface area contributed by atoms with Crippen LogP contribution in [0.15, 0.2) is 53.5 Å². The van der Waals surface area contributed by atoms with Crippen molar-refractivity contribution in [2.75, 3.05) is 39.5 Å². The number of hydrogen-bond donors (Lipinski definition) is 2. The molecule has 2 heterocycles. The summed E-state index contributed by atoms with van der Waals surface area (Å²) >= 11 is 6.24. The Labute approximate surface area is 199 Å². The first-order chi connectivity index (χ1) is 14.2. The summed E-state index contributed by atoms with van der Waals surface area (Å²) in [6, 6.07) is 16.3. The molecule has 6 nitrogen and oxygen atoms in total. The van der Waals surface area contributed by atoms with E-state index in [-0.39, 0.29) is 36.1 Å². The maximum Gasteiger partial charge on any atom is 0.189 e. The zero-order valence-corrected chi connectivity index (χ0v) is 19.9. The smallest absolute Gasteiger partial charge is 0.189 e. The molecule has 3 N–H and O–H groups in total. The Hall–Kier alpha value is -1.55. The monoisotopic (exact) mass is 542 g/mol. The van der Waals surface area contributed by atoms with Gasteiger partial charge < -0.3 is 20.5 Å². The molecule has 1 saturated heterocycles. The van der Waals surface area contributed by atoms with Gasteiger partial charge in [0.05, 0.1) is 38.4 Å². The summed E-state index contributed by atoms with van der Waals surface area (Å²) in [5, 5.41) is 4.11. The lowest BCUT2D eigenvalue weighted by molar-refractivity contribution is 0.0180. The largest absolute Gasteiger partial charge is 0.493 e.